The first kappa shape index (κ1) is 18.4. The van der Waals surface area contributed by atoms with E-state index in [-0.39, 0.29) is 12.5 Å². The van der Waals surface area contributed by atoms with Crippen LogP contribution in [0.15, 0.2) is 36.4 Å². The summed E-state index contributed by atoms with van der Waals surface area (Å²) < 4.78 is 21.5. The molecule has 1 N–H and O–H groups in total. The Bertz CT molecular complexity index is 730. The number of amides is 1. The molecule has 0 atom stereocenters. The fourth-order valence-corrected chi connectivity index (χ4v) is 2.41. The minimum Gasteiger partial charge on any atom is -0.493 e. The van der Waals surface area contributed by atoms with E-state index in [1.165, 1.54) is 0 Å². The summed E-state index contributed by atoms with van der Waals surface area (Å²) in [6, 6.07) is 11.2. The first-order valence-electron chi connectivity index (χ1n) is 7.83. The van der Waals surface area contributed by atoms with Gasteiger partial charge in [0.25, 0.3) is 5.91 Å². The van der Waals surface area contributed by atoms with Crippen LogP contribution in [0.4, 0.5) is 0 Å². The lowest BCUT2D eigenvalue weighted by atomic mass is 10.1. The van der Waals surface area contributed by atoms with Crippen LogP contribution in [0.5, 0.6) is 23.0 Å². The van der Waals surface area contributed by atoms with Crippen molar-refractivity contribution in [2.45, 2.75) is 13.5 Å². The maximum Gasteiger partial charge on any atom is 0.258 e. The molecule has 0 aliphatic heterocycles. The van der Waals surface area contributed by atoms with Crippen molar-refractivity contribution in [3.63, 3.8) is 0 Å². The number of methoxy groups -OCH3 is 3. The highest BCUT2D eigenvalue weighted by molar-refractivity contribution is 5.77. The van der Waals surface area contributed by atoms with E-state index in [2.05, 4.69) is 5.32 Å². The highest BCUT2D eigenvalue weighted by Crippen LogP contribution is 2.39. The maximum absolute atomic E-state index is 12.0. The van der Waals surface area contributed by atoms with Crippen LogP contribution in [0.2, 0.25) is 0 Å². The molecule has 0 radical (unpaired) electrons. The number of hydrogen-bond acceptors (Lipinski definition) is 5. The highest BCUT2D eigenvalue weighted by atomic mass is 16.5. The van der Waals surface area contributed by atoms with E-state index in [4.69, 9.17) is 18.9 Å². The zero-order valence-electron chi connectivity index (χ0n) is 14.9. The molecular weight excluding hydrogens is 322 g/mol. The predicted octanol–water partition coefficient (Wildman–Crippen LogP) is 2.72. The molecule has 2 rings (SSSR count). The molecule has 0 spiro atoms. The molecule has 0 saturated heterocycles. The normalized spacial score (nSPS) is 10.1. The first-order valence-corrected chi connectivity index (χ1v) is 7.83. The molecule has 0 aliphatic rings. The average molecular weight is 345 g/mol. The lowest BCUT2D eigenvalue weighted by Gasteiger charge is -2.16. The van der Waals surface area contributed by atoms with E-state index in [0.29, 0.717) is 29.5 Å². The van der Waals surface area contributed by atoms with Gasteiger partial charge in [-0.2, -0.15) is 0 Å². The molecule has 0 fully saturated rings. The summed E-state index contributed by atoms with van der Waals surface area (Å²) in [7, 11) is 4.64. The van der Waals surface area contributed by atoms with Gasteiger partial charge in [-0.25, -0.2) is 0 Å². The van der Waals surface area contributed by atoms with Gasteiger partial charge in [-0.3, -0.25) is 4.79 Å². The third-order valence-electron chi connectivity index (χ3n) is 3.71. The zero-order chi connectivity index (χ0) is 18.2. The topological polar surface area (TPSA) is 66.0 Å². The van der Waals surface area contributed by atoms with Crippen LogP contribution >= 0.6 is 0 Å². The van der Waals surface area contributed by atoms with Crippen molar-refractivity contribution in [1.29, 1.82) is 0 Å². The second kappa shape index (κ2) is 8.82. The number of hydrogen-bond donors (Lipinski definition) is 1. The number of ether oxygens (including phenoxy) is 4. The van der Waals surface area contributed by atoms with Crippen LogP contribution in [-0.4, -0.2) is 33.8 Å². The third kappa shape index (κ3) is 4.56. The molecule has 0 bridgehead atoms. The minimum absolute atomic E-state index is 0.0551. The second-order valence-corrected chi connectivity index (χ2v) is 5.32. The second-order valence-electron chi connectivity index (χ2n) is 5.32. The predicted molar refractivity (Wildman–Crippen MR) is 94.6 cm³/mol. The summed E-state index contributed by atoms with van der Waals surface area (Å²) in [4.78, 5) is 12.0. The van der Waals surface area contributed by atoms with E-state index in [9.17, 15) is 4.79 Å². The van der Waals surface area contributed by atoms with E-state index in [1.54, 1.807) is 27.4 Å². The molecule has 2 aromatic rings. The van der Waals surface area contributed by atoms with Crippen LogP contribution in [0, 0.1) is 6.92 Å². The first-order chi connectivity index (χ1) is 12.1. The van der Waals surface area contributed by atoms with Crippen molar-refractivity contribution in [3.05, 3.63) is 47.5 Å². The van der Waals surface area contributed by atoms with Crippen molar-refractivity contribution in [2.75, 3.05) is 27.9 Å². The number of rotatable bonds is 8. The van der Waals surface area contributed by atoms with Crippen LogP contribution < -0.4 is 24.3 Å². The Balaban J connectivity index is 1.98. The standard InChI is InChI=1S/C19H23NO5/c1-13-7-5-6-8-15(13)25-12-17(21)20-11-14-9-10-16(22-2)19(24-4)18(14)23-3/h5-10H,11-12H2,1-4H3,(H,20,21). The van der Waals surface area contributed by atoms with E-state index >= 15 is 0 Å². The average Bonchev–Trinajstić information content (AvgIpc) is 2.64. The van der Waals surface area contributed by atoms with Gasteiger partial charge >= 0.3 is 0 Å². The van der Waals surface area contributed by atoms with Gasteiger partial charge in [0.15, 0.2) is 18.1 Å². The Morgan fingerprint density at radius 3 is 2.28 bits per heavy atom. The van der Waals surface area contributed by atoms with Crippen LogP contribution in [0.1, 0.15) is 11.1 Å². The van der Waals surface area contributed by atoms with Crippen LogP contribution in [0.3, 0.4) is 0 Å². The molecule has 0 aromatic heterocycles. The third-order valence-corrected chi connectivity index (χ3v) is 3.71. The summed E-state index contributed by atoms with van der Waals surface area (Å²) in [5, 5.41) is 2.81. The van der Waals surface area contributed by atoms with Crippen molar-refractivity contribution < 1.29 is 23.7 Å². The molecule has 1 amide bonds. The van der Waals surface area contributed by atoms with Crippen LogP contribution in [0.25, 0.3) is 0 Å². The Hall–Kier alpha value is -2.89. The SMILES string of the molecule is COc1ccc(CNC(=O)COc2ccccc2C)c(OC)c1OC. The zero-order valence-corrected chi connectivity index (χ0v) is 14.9. The quantitative estimate of drug-likeness (QED) is 0.797. The van der Waals surface area contributed by atoms with Gasteiger partial charge < -0.3 is 24.3 Å². The summed E-state index contributed by atoms with van der Waals surface area (Å²) in [6.07, 6.45) is 0. The molecule has 6 nitrogen and oxygen atoms in total. The largest absolute Gasteiger partial charge is 0.493 e. The summed E-state index contributed by atoms with van der Waals surface area (Å²) >= 11 is 0. The Morgan fingerprint density at radius 2 is 1.64 bits per heavy atom. The molecule has 0 unspecified atom stereocenters. The van der Waals surface area contributed by atoms with Gasteiger partial charge in [-0.15, -0.1) is 0 Å². The van der Waals surface area contributed by atoms with Gasteiger partial charge in [0.05, 0.1) is 21.3 Å². The molecule has 2 aromatic carbocycles. The minimum atomic E-state index is -0.222. The summed E-state index contributed by atoms with van der Waals surface area (Å²) in [6.45, 7) is 2.17. The number of benzene rings is 2. The smallest absolute Gasteiger partial charge is 0.258 e. The number of nitrogens with one attached hydrogen (secondary N) is 1. The van der Waals surface area contributed by atoms with Crippen molar-refractivity contribution in [1.82, 2.24) is 5.32 Å². The molecule has 25 heavy (non-hydrogen) atoms. The lowest BCUT2D eigenvalue weighted by Crippen LogP contribution is -2.28. The van der Waals surface area contributed by atoms with Crippen molar-refractivity contribution >= 4 is 5.91 Å². The van der Waals surface area contributed by atoms with E-state index < -0.39 is 0 Å². The van der Waals surface area contributed by atoms with E-state index in [0.717, 1.165) is 11.1 Å². The molecular formula is C19H23NO5. The fraction of sp³-hybridized carbons (Fsp3) is 0.316. The Labute approximate surface area is 147 Å². The van der Waals surface area contributed by atoms with Crippen molar-refractivity contribution in [2.24, 2.45) is 0 Å². The molecule has 0 heterocycles. The van der Waals surface area contributed by atoms with Gasteiger partial charge in [-0.05, 0) is 30.7 Å². The van der Waals surface area contributed by atoms with Crippen LogP contribution in [-0.2, 0) is 11.3 Å². The van der Waals surface area contributed by atoms with Gasteiger partial charge in [0.1, 0.15) is 5.75 Å². The number of para-hydroxylation sites is 1. The highest BCUT2D eigenvalue weighted by Gasteiger charge is 2.16. The summed E-state index contributed by atoms with van der Waals surface area (Å²) in [5.41, 5.74) is 1.77. The van der Waals surface area contributed by atoms with E-state index in [1.807, 2.05) is 37.3 Å². The fourth-order valence-electron chi connectivity index (χ4n) is 2.41. The number of carbonyl (C=O) groups is 1. The molecule has 6 heteroatoms. The lowest BCUT2D eigenvalue weighted by molar-refractivity contribution is -0.123. The van der Waals surface area contributed by atoms with Crippen molar-refractivity contribution in [3.8, 4) is 23.0 Å². The van der Waals surface area contributed by atoms with Gasteiger partial charge in [-0.1, -0.05) is 18.2 Å². The monoisotopic (exact) mass is 345 g/mol. The maximum atomic E-state index is 12.0. The Kier molecular flexibility index (Phi) is 6.51. The summed E-state index contributed by atoms with van der Waals surface area (Å²) in [5.74, 6) is 2.06. The molecule has 134 valence electrons. The number of carbonyl (C=O) groups excluding carboxylic acids is 1. The Morgan fingerprint density at radius 1 is 0.920 bits per heavy atom. The molecule has 0 aliphatic carbocycles. The molecule has 0 saturated carbocycles. The number of aryl methyl sites for hydroxylation is 1. The van der Waals surface area contributed by atoms with Gasteiger partial charge in [0, 0.05) is 12.1 Å². The van der Waals surface area contributed by atoms with Gasteiger partial charge in [0.2, 0.25) is 5.75 Å².